The molecule has 0 aromatic heterocycles. The van der Waals surface area contributed by atoms with Gasteiger partial charge < -0.3 is 44.5 Å². The Morgan fingerprint density at radius 1 is 1.04 bits per heavy atom. The summed E-state index contributed by atoms with van der Waals surface area (Å²) in [6.07, 6.45) is 3.14. The van der Waals surface area contributed by atoms with Crippen LogP contribution >= 0.6 is 0 Å². The minimum atomic E-state index is -0.696. The summed E-state index contributed by atoms with van der Waals surface area (Å²) >= 11 is 0. The van der Waals surface area contributed by atoms with E-state index in [1.165, 1.54) is 0 Å². The molecule has 2 aromatic carbocycles. The number of ether oxygens (including phenoxy) is 5. The Morgan fingerprint density at radius 2 is 1.76 bits per heavy atom. The van der Waals surface area contributed by atoms with E-state index in [4.69, 9.17) is 29.4 Å². The Hall–Kier alpha value is -3.38. The number of rotatable bonds is 19. The first-order valence-corrected chi connectivity index (χ1v) is 18.6. The molecule has 11 nitrogen and oxygen atoms in total. The highest BCUT2D eigenvalue weighted by Crippen LogP contribution is 2.40. The normalized spacial score (nSPS) is 19.7. The van der Waals surface area contributed by atoms with Crippen molar-refractivity contribution in [1.82, 2.24) is 10.2 Å². The predicted molar refractivity (Wildman–Crippen MR) is 200 cm³/mol. The van der Waals surface area contributed by atoms with Gasteiger partial charge in [0.25, 0.3) is 0 Å². The van der Waals surface area contributed by atoms with Gasteiger partial charge in [0.05, 0.1) is 37.6 Å². The minimum Gasteiger partial charge on any atom is -0.494 e. The summed E-state index contributed by atoms with van der Waals surface area (Å²) in [5.41, 5.74) is 9.06. The first-order chi connectivity index (χ1) is 24.5. The molecular weight excluding hydrogens is 648 g/mol. The number of fused-ring (bicyclic) bond motifs is 1. The quantitative estimate of drug-likeness (QED) is 0.191. The molecule has 3 N–H and O–H groups in total. The molecule has 1 fully saturated rings. The van der Waals surface area contributed by atoms with E-state index in [1.807, 2.05) is 36.9 Å². The summed E-state index contributed by atoms with van der Waals surface area (Å²) < 4.78 is 29.2. The number of methoxy groups -OCH3 is 2. The highest BCUT2D eigenvalue weighted by molar-refractivity contribution is 5.83. The van der Waals surface area contributed by atoms with Crippen molar-refractivity contribution in [2.45, 2.75) is 90.5 Å². The molecule has 2 aliphatic heterocycles. The molecule has 51 heavy (non-hydrogen) atoms. The van der Waals surface area contributed by atoms with Crippen LogP contribution in [-0.2, 0) is 30.4 Å². The van der Waals surface area contributed by atoms with Gasteiger partial charge >= 0.3 is 0 Å². The molecule has 4 atom stereocenters. The SMILES string of the molecule is CNC(=O)C(C)(C)C[C@@H]1C[C@H](c2ccc(OCCCOC)cc2)[C@@H](OCc2ccc3c(c2)N(CCCOC)CCO3)CN1C(=O)C(N)CC(C)C. The van der Waals surface area contributed by atoms with Gasteiger partial charge in [-0.05, 0) is 67.0 Å². The average molecular weight is 711 g/mol. The maximum absolute atomic E-state index is 14.1. The van der Waals surface area contributed by atoms with Crippen LogP contribution in [-0.4, -0.2) is 102 Å². The van der Waals surface area contributed by atoms with Crippen LogP contribution in [0.25, 0.3) is 0 Å². The van der Waals surface area contributed by atoms with Crippen molar-refractivity contribution in [3.8, 4) is 11.5 Å². The van der Waals surface area contributed by atoms with Crippen LogP contribution in [0.5, 0.6) is 11.5 Å². The smallest absolute Gasteiger partial charge is 0.239 e. The van der Waals surface area contributed by atoms with Gasteiger partial charge in [-0.3, -0.25) is 9.59 Å². The third kappa shape index (κ3) is 11.3. The summed E-state index contributed by atoms with van der Waals surface area (Å²) in [4.78, 5) is 31.4. The zero-order valence-electron chi connectivity index (χ0n) is 32.0. The number of likely N-dealkylation sites (tertiary alicyclic amines) is 1. The number of nitrogens with one attached hydrogen (secondary N) is 1. The highest BCUT2D eigenvalue weighted by atomic mass is 16.5. The van der Waals surface area contributed by atoms with E-state index in [-0.39, 0.29) is 35.8 Å². The maximum Gasteiger partial charge on any atom is 0.239 e. The summed E-state index contributed by atoms with van der Waals surface area (Å²) in [5.74, 6) is 1.76. The fourth-order valence-electron chi connectivity index (χ4n) is 7.32. The first-order valence-electron chi connectivity index (χ1n) is 18.6. The van der Waals surface area contributed by atoms with E-state index in [1.54, 1.807) is 21.3 Å². The van der Waals surface area contributed by atoms with E-state index in [9.17, 15) is 9.59 Å². The Kier molecular flexibility index (Phi) is 15.4. The molecule has 284 valence electrons. The monoisotopic (exact) mass is 710 g/mol. The summed E-state index contributed by atoms with van der Waals surface area (Å²) in [7, 11) is 5.07. The number of amides is 2. The third-order valence-corrected chi connectivity index (χ3v) is 10.00. The van der Waals surface area contributed by atoms with Crippen molar-refractivity contribution in [2.75, 3.05) is 72.2 Å². The predicted octanol–water partition coefficient (Wildman–Crippen LogP) is 5.14. The van der Waals surface area contributed by atoms with E-state index in [0.29, 0.717) is 58.8 Å². The summed E-state index contributed by atoms with van der Waals surface area (Å²) in [6, 6.07) is 13.6. The van der Waals surface area contributed by atoms with Crippen molar-refractivity contribution < 1.29 is 33.3 Å². The van der Waals surface area contributed by atoms with Crippen LogP contribution in [0.15, 0.2) is 42.5 Å². The number of hydrogen-bond donors (Lipinski definition) is 2. The second-order valence-corrected chi connectivity index (χ2v) is 15.0. The molecule has 0 bridgehead atoms. The van der Waals surface area contributed by atoms with Crippen LogP contribution in [0.1, 0.15) is 76.8 Å². The topological polar surface area (TPSA) is 125 Å². The van der Waals surface area contributed by atoms with Crippen molar-refractivity contribution in [3.05, 3.63) is 53.6 Å². The fourth-order valence-corrected chi connectivity index (χ4v) is 7.32. The van der Waals surface area contributed by atoms with Crippen molar-refractivity contribution >= 4 is 17.5 Å². The maximum atomic E-state index is 14.1. The number of nitrogens with zero attached hydrogens (tertiary/aromatic N) is 2. The third-order valence-electron chi connectivity index (χ3n) is 10.00. The fraction of sp³-hybridized carbons (Fsp3) is 0.650. The standard InChI is InChI=1S/C40H62N4O7/c1-28(2)22-34(41)38(45)44-26-37(51-27-29-10-15-36-35(23-29)43(17-21-50-36)16-8-18-47-6)33(24-31(44)25-40(3,4)39(46)42-5)30-11-13-32(14-12-30)49-20-9-19-48-7/h10-15,23,28,31,33-34,37H,8-9,16-22,24-27,41H2,1-7H3,(H,42,46)/t31-,33+,34?,37-/m0/s1. The lowest BCUT2D eigenvalue weighted by atomic mass is 9.76. The van der Waals surface area contributed by atoms with Gasteiger partial charge in [0.1, 0.15) is 18.1 Å². The van der Waals surface area contributed by atoms with Gasteiger partial charge in [0.15, 0.2) is 0 Å². The van der Waals surface area contributed by atoms with Crippen LogP contribution in [0.3, 0.4) is 0 Å². The van der Waals surface area contributed by atoms with Crippen molar-refractivity contribution in [2.24, 2.45) is 17.1 Å². The molecule has 4 rings (SSSR count). The Balaban J connectivity index is 1.63. The second kappa shape index (κ2) is 19.5. The Bertz CT molecular complexity index is 1390. The van der Waals surface area contributed by atoms with Gasteiger partial charge in [0, 0.05) is 71.4 Å². The zero-order valence-corrected chi connectivity index (χ0v) is 32.0. The van der Waals surface area contributed by atoms with Gasteiger partial charge in [-0.2, -0.15) is 0 Å². The van der Waals surface area contributed by atoms with E-state index < -0.39 is 11.5 Å². The number of carbonyl (C=O) groups is 2. The minimum absolute atomic E-state index is 0.0325. The molecule has 2 heterocycles. The molecule has 11 heteroatoms. The number of benzene rings is 2. The Morgan fingerprint density at radius 3 is 2.45 bits per heavy atom. The van der Waals surface area contributed by atoms with Gasteiger partial charge in [-0.15, -0.1) is 0 Å². The lowest BCUT2D eigenvalue weighted by molar-refractivity contribution is -0.145. The number of piperidine rings is 1. The number of nitrogens with two attached hydrogens (primary N) is 1. The molecule has 2 aliphatic rings. The molecule has 1 saturated heterocycles. The van der Waals surface area contributed by atoms with Crippen molar-refractivity contribution in [1.29, 1.82) is 0 Å². The number of hydrogen-bond acceptors (Lipinski definition) is 9. The van der Waals surface area contributed by atoms with E-state index in [0.717, 1.165) is 54.2 Å². The lowest BCUT2D eigenvalue weighted by Crippen LogP contribution is -2.58. The van der Waals surface area contributed by atoms with E-state index >= 15 is 0 Å². The van der Waals surface area contributed by atoms with Gasteiger partial charge in [-0.1, -0.05) is 45.9 Å². The largest absolute Gasteiger partial charge is 0.494 e. The summed E-state index contributed by atoms with van der Waals surface area (Å²) in [5, 5.41) is 2.82. The molecule has 2 aromatic rings. The molecule has 1 unspecified atom stereocenters. The average Bonchev–Trinajstić information content (AvgIpc) is 3.12. The van der Waals surface area contributed by atoms with Crippen molar-refractivity contribution in [3.63, 3.8) is 0 Å². The van der Waals surface area contributed by atoms with Gasteiger partial charge in [0.2, 0.25) is 11.8 Å². The van der Waals surface area contributed by atoms with Crippen LogP contribution in [0.4, 0.5) is 5.69 Å². The van der Waals surface area contributed by atoms with Gasteiger partial charge in [-0.25, -0.2) is 0 Å². The lowest BCUT2D eigenvalue weighted by Gasteiger charge is -2.47. The molecule has 0 spiro atoms. The second-order valence-electron chi connectivity index (χ2n) is 15.0. The molecule has 0 radical (unpaired) electrons. The van der Waals surface area contributed by atoms with Crippen LogP contribution in [0.2, 0.25) is 0 Å². The summed E-state index contributed by atoms with van der Waals surface area (Å²) in [6.45, 7) is 13.0. The Labute approximate surface area is 305 Å². The highest BCUT2D eigenvalue weighted by Gasteiger charge is 2.43. The molecular formula is C40H62N4O7. The first kappa shape index (κ1) is 40.4. The zero-order chi connectivity index (χ0) is 37.0. The van der Waals surface area contributed by atoms with E-state index in [2.05, 4.69) is 48.3 Å². The number of carbonyl (C=O) groups excluding carboxylic acids is 2. The van der Waals surface area contributed by atoms with Crippen LogP contribution < -0.4 is 25.4 Å². The molecule has 0 aliphatic carbocycles. The number of anilines is 1. The molecule has 2 amide bonds. The van der Waals surface area contributed by atoms with Crippen LogP contribution in [0, 0.1) is 11.3 Å². The molecule has 0 saturated carbocycles.